The Morgan fingerprint density at radius 2 is 0.543 bits per heavy atom. The van der Waals surface area contributed by atoms with Crippen LogP contribution in [0, 0.1) is 0 Å². The van der Waals surface area contributed by atoms with E-state index in [9.17, 15) is 14.4 Å². The molecule has 0 fully saturated rings. The van der Waals surface area contributed by atoms with Crippen molar-refractivity contribution in [2.24, 2.45) is 0 Å². The van der Waals surface area contributed by atoms with E-state index in [1.165, 1.54) is 89.9 Å². The summed E-state index contributed by atoms with van der Waals surface area (Å²) in [7, 11) is 0. The summed E-state index contributed by atoms with van der Waals surface area (Å²) in [4.78, 5) is 38.3. The van der Waals surface area contributed by atoms with Crippen LogP contribution in [0.3, 0.4) is 0 Å². The van der Waals surface area contributed by atoms with Crippen LogP contribution >= 0.6 is 0 Å². The molecular formula is C75H116O6. The highest BCUT2D eigenvalue weighted by molar-refractivity contribution is 5.72. The maximum Gasteiger partial charge on any atom is 0.309 e. The van der Waals surface area contributed by atoms with Crippen molar-refractivity contribution in [1.82, 2.24) is 0 Å². The second-order valence-corrected chi connectivity index (χ2v) is 20.6. The summed E-state index contributed by atoms with van der Waals surface area (Å²) in [5.74, 6) is -1.15. The number of rotatable bonds is 56. The zero-order valence-electron chi connectivity index (χ0n) is 51.7. The van der Waals surface area contributed by atoms with E-state index in [4.69, 9.17) is 14.2 Å². The van der Waals surface area contributed by atoms with Gasteiger partial charge in [0.05, 0.1) is 6.42 Å². The van der Waals surface area contributed by atoms with Crippen LogP contribution in [0.1, 0.15) is 252 Å². The molecule has 6 nitrogen and oxygen atoms in total. The molecule has 0 rings (SSSR count). The van der Waals surface area contributed by atoms with Gasteiger partial charge in [0.15, 0.2) is 6.10 Å². The van der Waals surface area contributed by atoms with Crippen LogP contribution in [0.2, 0.25) is 0 Å². The van der Waals surface area contributed by atoms with Crippen molar-refractivity contribution in [3.8, 4) is 0 Å². The molecule has 0 aromatic rings. The Labute approximate surface area is 497 Å². The average molecular weight is 1110 g/mol. The molecule has 452 valence electrons. The van der Waals surface area contributed by atoms with Gasteiger partial charge in [-0.2, -0.15) is 0 Å². The van der Waals surface area contributed by atoms with E-state index in [1.54, 1.807) is 6.08 Å². The smallest absolute Gasteiger partial charge is 0.309 e. The lowest BCUT2D eigenvalue weighted by atomic mass is 10.1. The Balaban J connectivity index is 4.56. The predicted molar refractivity (Wildman–Crippen MR) is 352 cm³/mol. The van der Waals surface area contributed by atoms with Gasteiger partial charge >= 0.3 is 17.9 Å². The molecule has 0 spiro atoms. The van der Waals surface area contributed by atoms with E-state index >= 15 is 0 Å². The van der Waals surface area contributed by atoms with Crippen molar-refractivity contribution in [3.05, 3.63) is 182 Å². The van der Waals surface area contributed by atoms with E-state index in [1.807, 2.05) is 6.08 Å². The highest BCUT2D eigenvalue weighted by Crippen LogP contribution is 2.14. The number of hydrogen-bond acceptors (Lipinski definition) is 6. The minimum Gasteiger partial charge on any atom is -0.462 e. The molecule has 0 saturated heterocycles. The van der Waals surface area contributed by atoms with Gasteiger partial charge in [0.2, 0.25) is 0 Å². The van der Waals surface area contributed by atoms with Gasteiger partial charge < -0.3 is 14.2 Å². The zero-order valence-corrected chi connectivity index (χ0v) is 51.7. The van der Waals surface area contributed by atoms with Crippen LogP contribution < -0.4 is 0 Å². The highest BCUT2D eigenvalue weighted by atomic mass is 16.6. The lowest BCUT2D eigenvalue weighted by molar-refractivity contribution is -0.166. The molecule has 0 bridgehead atoms. The van der Waals surface area contributed by atoms with Crippen molar-refractivity contribution in [1.29, 1.82) is 0 Å². The number of unbranched alkanes of at least 4 members (excludes halogenated alkanes) is 16. The number of esters is 3. The number of carbonyl (C=O) groups excluding carboxylic acids is 3. The van der Waals surface area contributed by atoms with Gasteiger partial charge in [0.1, 0.15) is 13.2 Å². The minimum absolute atomic E-state index is 0.104. The fraction of sp³-hybridized carbons (Fsp3) is 0.560. The first-order valence-electron chi connectivity index (χ1n) is 32.3. The van der Waals surface area contributed by atoms with Gasteiger partial charge in [0.25, 0.3) is 0 Å². The Morgan fingerprint density at radius 1 is 0.272 bits per heavy atom. The van der Waals surface area contributed by atoms with E-state index < -0.39 is 18.0 Å². The van der Waals surface area contributed by atoms with Gasteiger partial charge in [-0.1, -0.05) is 280 Å². The van der Waals surface area contributed by atoms with Crippen LogP contribution in [-0.4, -0.2) is 37.2 Å². The van der Waals surface area contributed by atoms with E-state index in [0.29, 0.717) is 19.3 Å². The van der Waals surface area contributed by atoms with Gasteiger partial charge in [-0.15, -0.1) is 0 Å². The normalized spacial score (nSPS) is 13.4. The Bertz CT molecular complexity index is 1900. The van der Waals surface area contributed by atoms with E-state index in [0.717, 1.165) is 109 Å². The summed E-state index contributed by atoms with van der Waals surface area (Å²) in [6.45, 7) is 6.25. The van der Waals surface area contributed by atoms with Gasteiger partial charge in [-0.05, 0) is 135 Å². The van der Waals surface area contributed by atoms with Crippen LogP contribution in [0.4, 0.5) is 0 Å². The lowest BCUT2D eigenvalue weighted by Gasteiger charge is -2.18. The fourth-order valence-electron chi connectivity index (χ4n) is 8.16. The summed E-state index contributed by atoms with van der Waals surface area (Å²) >= 11 is 0. The average Bonchev–Trinajstić information content (AvgIpc) is 3.47. The van der Waals surface area contributed by atoms with E-state index in [2.05, 4.69) is 191 Å². The van der Waals surface area contributed by atoms with Crippen molar-refractivity contribution < 1.29 is 28.6 Å². The number of carbonyl (C=O) groups is 3. The maximum absolute atomic E-state index is 12.9. The molecule has 0 radical (unpaired) electrons. The predicted octanol–water partition coefficient (Wildman–Crippen LogP) is 22.4. The Kier molecular flexibility index (Phi) is 62.5. The molecule has 0 heterocycles. The van der Waals surface area contributed by atoms with Crippen molar-refractivity contribution >= 4 is 17.9 Å². The minimum atomic E-state index is -0.863. The van der Waals surface area contributed by atoms with Gasteiger partial charge in [0, 0.05) is 12.8 Å². The SMILES string of the molecule is CC/C=C\C/C=C\C/C=C\C/C=C\C/C=C\C/C=C\C/C=C\CCCC(=O)OC(COC(=O)C/C=C\C/C=C\C/C=C\C/C=C\C/C=C\CC)COC(=O)CCCCCCCCCCCC/C=C\C/C=C\C/C=C\CCCCCCC. The summed E-state index contributed by atoms with van der Waals surface area (Å²) < 4.78 is 16.8. The van der Waals surface area contributed by atoms with Crippen LogP contribution in [0.5, 0.6) is 0 Å². The molecule has 6 heteroatoms. The Morgan fingerprint density at radius 3 is 0.901 bits per heavy atom. The van der Waals surface area contributed by atoms with Crippen LogP contribution in [0.15, 0.2) is 182 Å². The second-order valence-electron chi connectivity index (χ2n) is 20.6. The molecule has 81 heavy (non-hydrogen) atoms. The third-order valence-corrected chi connectivity index (χ3v) is 12.9. The van der Waals surface area contributed by atoms with Crippen molar-refractivity contribution in [3.63, 3.8) is 0 Å². The molecule has 0 aliphatic carbocycles. The summed E-state index contributed by atoms with van der Waals surface area (Å²) in [5, 5.41) is 0. The van der Waals surface area contributed by atoms with E-state index in [-0.39, 0.29) is 32.0 Å². The number of ether oxygens (including phenoxy) is 3. The highest BCUT2D eigenvalue weighted by Gasteiger charge is 2.19. The first-order valence-corrected chi connectivity index (χ1v) is 32.3. The monoisotopic (exact) mass is 1110 g/mol. The molecular weight excluding hydrogens is 997 g/mol. The molecule has 0 aromatic heterocycles. The van der Waals surface area contributed by atoms with Crippen molar-refractivity contribution in [2.45, 2.75) is 258 Å². The molecule has 0 N–H and O–H groups in total. The van der Waals surface area contributed by atoms with Gasteiger partial charge in [-0.3, -0.25) is 14.4 Å². The standard InChI is InChI=1S/C75H116O6/c1-4-7-10-13-16-19-22-25-28-30-32-34-36-37-39-40-42-44-47-50-53-56-59-62-65-68-74(77)80-71-72(70-79-73(76)67-64-61-58-55-52-49-46-27-24-21-18-15-12-9-6-3)81-75(78)69-66-63-60-57-54-51-48-45-43-41-38-35-33-31-29-26-23-20-17-14-11-8-5-2/h8-9,11-12,17-18,20-22,25-27,29-30,32-33,35-37,41,43,46,48,51-52,55,57,60-61,64,72H,4-7,10,13-16,19,23-24,28,31,34,38-40,42,44-45,47,49-50,53-54,56,58-59,62-63,65-71H2,1-3H3/b11-8-,12-9-,20-17-,21-18-,25-22-,29-26-,32-30-,35-33-,37-36-,43-41-,46-27-,51-48-,55-52-,60-57-,64-61-. The first-order chi connectivity index (χ1) is 40.0. The molecule has 0 aromatic carbocycles. The summed E-state index contributed by atoms with van der Waals surface area (Å²) in [6, 6.07) is 0. The fourth-order valence-corrected chi connectivity index (χ4v) is 8.16. The van der Waals surface area contributed by atoms with Crippen LogP contribution in [-0.2, 0) is 28.6 Å². The van der Waals surface area contributed by atoms with Gasteiger partial charge in [-0.25, -0.2) is 0 Å². The molecule has 0 amide bonds. The molecule has 1 unspecified atom stereocenters. The Hall–Kier alpha value is -5.49. The van der Waals surface area contributed by atoms with Crippen LogP contribution in [0.25, 0.3) is 0 Å². The molecule has 0 aliphatic rings. The lowest BCUT2D eigenvalue weighted by Crippen LogP contribution is -2.30. The number of hydrogen-bond donors (Lipinski definition) is 0. The largest absolute Gasteiger partial charge is 0.462 e. The maximum atomic E-state index is 12.9. The third-order valence-electron chi connectivity index (χ3n) is 12.9. The molecule has 0 saturated carbocycles. The van der Waals surface area contributed by atoms with Crippen molar-refractivity contribution in [2.75, 3.05) is 13.2 Å². The third kappa shape index (κ3) is 65.2. The summed E-state index contributed by atoms with van der Waals surface area (Å²) in [6.07, 6.45) is 101. The topological polar surface area (TPSA) is 78.9 Å². The molecule has 1 atom stereocenters. The second kappa shape index (κ2) is 67.0. The quantitative estimate of drug-likeness (QED) is 0.0261. The zero-order chi connectivity index (χ0) is 58.5. The number of allylic oxidation sites excluding steroid dienone is 29. The first kappa shape index (κ1) is 75.5. The molecule has 0 aliphatic heterocycles. The summed E-state index contributed by atoms with van der Waals surface area (Å²) in [5.41, 5.74) is 0.